The summed E-state index contributed by atoms with van der Waals surface area (Å²) in [5.41, 5.74) is 3.05. The number of hydrogen-bond donors (Lipinski definition) is 1. The van der Waals surface area contributed by atoms with Gasteiger partial charge < -0.3 is 4.90 Å². The van der Waals surface area contributed by atoms with Crippen molar-refractivity contribution in [3.8, 4) is 0 Å². The molecule has 1 aliphatic heterocycles. The van der Waals surface area contributed by atoms with Crippen LogP contribution in [-0.2, 0) is 18.3 Å². The molecule has 3 aromatic heterocycles. The molecule has 3 aromatic rings. The number of rotatable bonds is 3. The molecular formula is C20H24N4O2S. The molecule has 142 valence electrons. The minimum atomic E-state index is -0.159. The van der Waals surface area contributed by atoms with Crippen LogP contribution in [0.15, 0.2) is 22.3 Å². The maximum atomic E-state index is 13.1. The van der Waals surface area contributed by atoms with E-state index in [-0.39, 0.29) is 29.3 Å². The summed E-state index contributed by atoms with van der Waals surface area (Å²) in [7, 11) is 1.77. The third-order valence-electron chi connectivity index (χ3n) is 5.67. The number of carbonyl (C=O) groups is 1. The summed E-state index contributed by atoms with van der Waals surface area (Å²) in [5.74, 6) is 0.0902. The first-order valence-electron chi connectivity index (χ1n) is 9.08. The van der Waals surface area contributed by atoms with Crippen molar-refractivity contribution in [3.05, 3.63) is 49.6 Å². The Balaban J connectivity index is 1.68. The molecule has 0 radical (unpaired) electrons. The number of amides is 1. The Morgan fingerprint density at radius 1 is 1.41 bits per heavy atom. The summed E-state index contributed by atoms with van der Waals surface area (Å²) >= 11 is 1.70. The fourth-order valence-corrected chi connectivity index (χ4v) is 5.35. The minimum Gasteiger partial charge on any atom is -0.333 e. The lowest BCUT2D eigenvalue weighted by Crippen LogP contribution is -2.58. The van der Waals surface area contributed by atoms with Crippen molar-refractivity contribution < 1.29 is 4.79 Å². The van der Waals surface area contributed by atoms with Crippen molar-refractivity contribution in [2.75, 3.05) is 6.54 Å². The summed E-state index contributed by atoms with van der Waals surface area (Å²) in [6.07, 6.45) is 0.271. The Kier molecular flexibility index (Phi) is 4.03. The summed E-state index contributed by atoms with van der Waals surface area (Å²) in [5, 5.41) is 5.38. The van der Waals surface area contributed by atoms with Gasteiger partial charge in [0.15, 0.2) is 5.65 Å². The molecule has 7 heteroatoms. The fourth-order valence-electron chi connectivity index (χ4n) is 4.31. The molecule has 4 rings (SSSR count). The van der Waals surface area contributed by atoms with Crippen molar-refractivity contribution in [2.24, 2.45) is 12.5 Å². The van der Waals surface area contributed by atoms with Gasteiger partial charge in [-0.25, -0.2) is 4.98 Å². The molecule has 27 heavy (non-hydrogen) atoms. The number of hydrogen-bond acceptors (Lipinski definition) is 4. The zero-order valence-corrected chi connectivity index (χ0v) is 17.1. The van der Waals surface area contributed by atoms with E-state index in [2.05, 4.69) is 35.4 Å². The second-order valence-corrected chi connectivity index (χ2v) is 9.08. The molecule has 0 aliphatic carbocycles. The van der Waals surface area contributed by atoms with Crippen LogP contribution in [0, 0.1) is 19.3 Å². The van der Waals surface area contributed by atoms with Gasteiger partial charge >= 0.3 is 0 Å². The highest BCUT2D eigenvalue weighted by atomic mass is 32.1. The molecule has 0 saturated carbocycles. The van der Waals surface area contributed by atoms with E-state index in [9.17, 15) is 9.59 Å². The van der Waals surface area contributed by atoms with E-state index in [4.69, 9.17) is 0 Å². The SMILES string of the molecule is Cc1nc2c(c(C)c1CC(=O)N1CC(C)(C)C1c1cccs1)c(=O)[nH]n2C. The van der Waals surface area contributed by atoms with E-state index in [1.54, 1.807) is 23.1 Å². The van der Waals surface area contributed by atoms with Crippen molar-refractivity contribution >= 4 is 28.3 Å². The average Bonchev–Trinajstić information content (AvgIpc) is 3.18. The molecule has 1 aliphatic rings. The molecule has 1 N–H and O–H groups in total. The monoisotopic (exact) mass is 384 g/mol. The van der Waals surface area contributed by atoms with Crippen molar-refractivity contribution in [1.82, 2.24) is 19.7 Å². The Labute approximate surface area is 161 Å². The van der Waals surface area contributed by atoms with Gasteiger partial charge in [0.1, 0.15) is 0 Å². The van der Waals surface area contributed by atoms with Gasteiger partial charge in [-0.2, -0.15) is 0 Å². The number of nitrogens with one attached hydrogen (secondary N) is 1. The predicted octanol–water partition coefficient (Wildman–Crippen LogP) is 3.09. The maximum Gasteiger partial charge on any atom is 0.273 e. The molecule has 0 spiro atoms. The lowest BCUT2D eigenvalue weighted by molar-refractivity contribution is -0.151. The highest BCUT2D eigenvalue weighted by Crippen LogP contribution is 2.49. The average molecular weight is 385 g/mol. The number of thiophene rings is 1. The maximum absolute atomic E-state index is 13.1. The molecule has 1 atom stereocenters. The molecule has 0 bridgehead atoms. The molecule has 4 heterocycles. The van der Waals surface area contributed by atoms with Gasteiger partial charge in [0.25, 0.3) is 5.56 Å². The van der Waals surface area contributed by atoms with Crippen LogP contribution < -0.4 is 5.56 Å². The number of aryl methyl sites for hydroxylation is 3. The highest BCUT2D eigenvalue weighted by Gasteiger charge is 2.49. The van der Waals surface area contributed by atoms with Crippen LogP contribution in [-0.4, -0.2) is 32.1 Å². The predicted molar refractivity (Wildman–Crippen MR) is 107 cm³/mol. The highest BCUT2D eigenvalue weighted by molar-refractivity contribution is 7.10. The smallest absolute Gasteiger partial charge is 0.273 e. The van der Waals surface area contributed by atoms with Crippen LogP contribution in [0.5, 0.6) is 0 Å². The first kappa shape index (κ1) is 18.0. The van der Waals surface area contributed by atoms with E-state index in [1.807, 2.05) is 24.8 Å². The fraction of sp³-hybridized carbons (Fsp3) is 0.450. The summed E-state index contributed by atoms with van der Waals surface area (Å²) in [4.78, 5) is 33.1. The van der Waals surface area contributed by atoms with Crippen molar-refractivity contribution in [2.45, 2.75) is 40.2 Å². The van der Waals surface area contributed by atoms with Crippen LogP contribution >= 0.6 is 11.3 Å². The molecule has 6 nitrogen and oxygen atoms in total. The number of pyridine rings is 1. The van der Waals surface area contributed by atoms with Gasteiger partial charge in [-0.3, -0.25) is 19.4 Å². The molecule has 0 aromatic carbocycles. The van der Waals surface area contributed by atoms with E-state index in [1.165, 1.54) is 4.88 Å². The summed E-state index contributed by atoms with van der Waals surface area (Å²) in [6, 6.07) is 4.25. The van der Waals surface area contributed by atoms with Crippen LogP contribution in [0.2, 0.25) is 0 Å². The Morgan fingerprint density at radius 3 is 2.78 bits per heavy atom. The van der Waals surface area contributed by atoms with Gasteiger partial charge in [-0.1, -0.05) is 19.9 Å². The third kappa shape index (κ3) is 2.72. The van der Waals surface area contributed by atoms with Gasteiger partial charge in [0, 0.05) is 29.6 Å². The first-order valence-corrected chi connectivity index (χ1v) is 9.96. The number of fused-ring (bicyclic) bond motifs is 1. The summed E-state index contributed by atoms with van der Waals surface area (Å²) < 4.78 is 1.63. The first-order chi connectivity index (χ1) is 12.7. The van der Waals surface area contributed by atoms with Crippen LogP contribution in [0.25, 0.3) is 11.0 Å². The number of aromatic amines is 1. The van der Waals surface area contributed by atoms with E-state index >= 15 is 0 Å². The quantitative estimate of drug-likeness (QED) is 0.754. The zero-order chi connectivity index (χ0) is 19.5. The Hall–Kier alpha value is -2.41. The second kappa shape index (κ2) is 6.05. The topological polar surface area (TPSA) is 71.0 Å². The van der Waals surface area contributed by atoms with Gasteiger partial charge in [-0.15, -0.1) is 11.3 Å². The van der Waals surface area contributed by atoms with Crippen LogP contribution in [0.1, 0.15) is 41.6 Å². The zero-order valence-electron chi connectivity index (χ0n) is 16.3. The molecule has 1 amide bonds. The largest absolute Gasteiger partial charge is 0.333 e. The molecule has 1 fully saturated rings. The lowest BCUT2D eigenvalue weighted by atomic mass is 9.74. The van der Waals surface area contributed by atoms with Gasteiger partial charge in [0.05, 0.1) is 17.8 Å². The van der Waals surface area contributed by atoms with E-state index in [0.29, 0.717) is 11.0 Å². The van der Waals surface area contributed by atoms with Crippen LogP contribution in [0.4, 0.5) is 0 Å². The molecular weight excluding hydrogens is 360 g/mol. The molecule has 1 unspecified atom stereocenters. The van der Waals surface area contributed by atoms with Gasteiger partial charge in [-0.05, 0) is 36.4 Å². The standard InChI is InChI=1S/C20H24N4O2S/c1-11-13(12(2)21-18-16(11)19(26)22-23(18)5)9-15(25)24-10-20(3,4)17(24)14-7-6-8-27-14/h6-8,17H,9-10H2,1-5H3,(H,22,26). The third-order valence-corrected chi connectivity index (χ3v) is 6.59. The summed E-state index contributed by atoms with van der Waals surface area (Å²) in [6.45, 7) is 8.96. The number of carbonyl (C=O) groups excluding carboxylic acids is 1. The second-order valence-electron chi connectivity index (χ2n) is 8.10. The number of H-pyrrole nitrogens is 1. The number of likely N-dealkylation sites (tertiary alicyclic amines) is 1. The Morgan fingerprint density at radius 2 is 2.15 bits per heavy atom. The van der Waals surface area contributed by atoms with Crippen molar-refractivity contribution in [1.29, 1.82) is 0 Å². The van der Waals surface area contributed by atoms with E-state index < -0.39 is 0 Å². The van der Waals surface area contributed by atoms with Crippen molar-refractivity contribution in [3.63, 3.8) is 0 Å². The van der Waals surface area contributed by atoms with E-state index in [0.717, 1.165) is 23.4 Å². The van der Waals surface area contributed by atoms with Crippen LogP contribution in [0.3, 0.4) is 0 Å². The molecule has 1 saturated heterocycles. The Bertz CT molecular complexity index is 1090. The minimum absolute atomic E-state index is 0.0728. The lowest BCUT2D eigenvalue weighted by Gasteiger charge is -2.54. The van der Waals surface area contributed by atoms with Gasteiger partial charge in [0.2, 0.25) is 5.91 Å². The number of aromatic nitrogens is 3. The number of nitrogens with zero attached hydrogens (tertiary/aromatic N) is 3. The normalized spacial score (nSPS) is 18.7.